The molecular weight excluding hydrogens is 424 g/mol. The van der Waals surface area contributed by atoms with Gasteiger partial charge in [0.2, 0.25) is 5.91 Å². The van der Waals surface area contributed by atoms with Crippen LogP contribution in [-0.4, -0.2) is 89.8 Å². The quantitative estimate of drug-likeness (QED) is 0.697. The molecule has 0 bridgehead atoms. The highest BCUT2D eigenvalue weighted by Crippen LogP contribution is 2.16. The van der Waals surface area contributed by atoms with E-state index in [2.05, 4.69) is 34.1 Å². The molecule has 0 radical (unpaired) electrons. The third-order valence-electron chi connectivity index (χ3n) is 6.53. The Morgan fingerprint density at radius 2 is 1.41 bits per heavy atom. The fourth-order valence-corrected chi connectivity index (χ4v) is 4.60. The normalized spacial score (nSPS) is 19.1. The summed E-state index contributed by atoms with van der Waals surface area (Å²) in [4.78, 5) is 34.3. The van der Waals surface area contributed by atoms with Crippen LogP contribution in [-0.2, 0) is 11.3 Å². The molecule has 0 aromatic heterocycles. The van der Waals surface area contributed by atoms with Gasteiger partial charge in [0, 0.05) is 69.5 Å². The molecule has 1 atom stereocenters. The highest BCUT2D eigenvalue weighted by atomic mass is 35.5. The van der Waals surface area contributed by atoms with Gasteiger partial charge in [-0.3, -0.25) is 19.4 Å². The number of benzene rings is 2. The van der Waals surface area contributed by atoms with E-state index in [1.165, 1.54) is 5.56 Å². The molecule has 2 fully saturated rings. The van der Waals surface area contributed by atoms with Crippen molar-refractivity contribution in [2.45, 2.75) is 19.5 Å². The van der Waals surface area contributed by atoms with Crippen LogP contribution in [0.2, 0.25) is 5.02 Å². The molecule has 32 heavy (non-hydrogen) atoms. The van der Waals surface area contributed by atoms with Gasteiger partial charge in [0.05, 0.1) is 6.04 Å². The van der Waals surface area contributed by atoms with Crippen molar-refractivity contribution in [1.29, 1.82) is 0 Å². The monoisotopic (exact) mass is 454 g/mol. The average Bonchev–Trinajstić information content (AvgIpc) is 2.84. The van der Waals surface area contributed by atoms with E-state index in [-0.39, 0.29) is 17.9 Å². The first-order chi connectivity index (χ1) is 15.5. The molecule has 1 unspecified atom stereocenters. The second-order valence-electron chi connectivity index (χ2n) is 8.60. The van der Waals surface area contributed by atoms with Gasteiger partial charge in [-0.25, -0.2) is 0 Å². The van der Waals surface area contributed by atoms with Crippen molar-refractivity contribution in [1.82, 2.24) is 19.6 Å². The summed E-state index contributed by atoms with van der Waals surface area (Å²) in [6.45, 7) is 8.94. The van der Waals surface area contributed by atoms with Gasteiger partial charge in [-0.2, -0.15) is 0 Å². The fourth-order valence-electron chi connectivity index (χ4n) is 4.48. The van der Waals surface area contributed by atoms with E-state index in [1.54, 1.807) is 24.3 Å². The minimum absolute atomic E-state index is 0.0230. The first-order valence-electron chi connectivity index (χ1n) is 11.4. The van der Waals surface area contributed by atoms with Gasteiger partial charge in [0.25, 0.3) is 5.91 Å². The van der Waals surface area contributed by atoms with Gasteiger partial charge in [0.15, 0.2) is 0 Å². The van der Waals surface area contributed by atoms with Gasteiger partial charge in [-0.15, -0.1) is 0 Å². The fraction of sp³-hybridized carbons (Fsp3) is 0.440. The van der Waals surface area contributed by atoms with Gasteiger partial charge in [0.1, 0.15) is 0 Å². The van der Waals surface area contributed by atoms with Crippen LogP contribution < -0.4 is 0 Å². The average molecular weight is 455 g/mol. The third-order valence-corrected chi connectivity index (χ3v) is 6.78. The number of amides is 2. The molecule has 2 aromatic carbocycles. The van der Waals surface area contributed by atoms with Crippen molar-refractivity contribution in [3.05, 3.63) is 70.7 Å². The van der Waals surface area contributed by atoms with Crippen LogP contribution in [0.15, 0.2) is 54.6 Å². The minimum Gasteiger partial charge on any atom is -0.339 e. The number of rotatable bonds is 5. The molecule has 4 rings (SSSR count). The number of carbonyl (C=O) groups excluding carboxylic acids is 2. The van der Waals surface area contributed by atoms with Crippen molar-refractivity contribution < 1.29 is 9.59 Å². The Kier molecular flexibility index (Phi) is 7.45. The van der Waals surface area contributed by atoms with Crippen LogP contribution in [0.4, 0.5) is 0 Å². The molecule has 2 saturated heterocycles. The summed E-state index contributed by atoms with van der Waals surface area (Å²) in [5.41, 5.74) is 1.96. The van der Waals surface area contributed by atoms with E-state index in [1.807, 2.05) is 22.8 Å². The van der Waals surface area contributed by atoms with Crippen molar-refractivity contribution in [2.75, 3.05) is 52.4 Å². The molecule has 170 valence electrons. The Bertz CT molecular complexity index is 905. The summed E-state index contributed by atoms with van der Waals surface area (Å²) in [5.74, 6) is 0.219. The molecule has 0 aliphatic carbocycles. The molecule has 2 aromatic rings. The zero-order valence-corrected chi connectivity index (χ0v) is 19.4. The van der Waals surface area contributed by atoms with Crippen LogP contribution in [0.25, 0.3) is 0 Å². The maximum atomic E-state index is 13.1. The van der Waals surface area contributed by atoms with Crippen molar-refractivity contribution in [3.63, 3.8) is 0 Å². The van der Waals surface area contributed by atoms with Crippen molar-refractivity contribution >= 4 is 23.4 Å². The van der Waals surface area contributed by atoms with Crippen LogP contribution in [0.1, 0.15) is 22.8 Å². The van der Waals surface area contributed by atoms with E-state index in [0.29, 0.717) is 36.8 Å². The van der Waals surface area contributed by atoms with Crippen molar-refractivity contribution in [2.24, 2.45) is 0 Å². The standard InChI is InChI=1S/C25H31ClN4O2/c1-20(24(31)29-13-11-27(12-14-29)19-21-5-3-2-4-6-21)28-15-17-30(18-16-28)25(32)22-7-9-23(26)10-8-22/h2-10,20H,11-19H2,1H3. The number of hydrogen-bond donors (Lipinski definition) is 0. The third kappa shape index (κ3) is 5.49. The Morgan fingerprint density at radius 1 is 0.812 bits per heavy atom. The molecule has 2 amide bonds. The van der Waals surface area contributed by atoms with E-state index in [4.69, 9.17) is 11.6 Å². The predicted octanol–water partition coefficient (Wildman–Crippen LogP) is 2.83. The van der Waals surface area contributed by atoms with E-state index in [0.717, 1.165) is 32.7 Å². The lowest BCUT2D eigenvalue weighted by Crippen LogP contribution is -2.57. The van der Waals surface area contributed by atoms with Crippen LogP contribution in [0.5, 0.6) is 0 Å². The van der Waals surface area contributed by atoms with Gasteiger partial charge >= 0.3 is 0 Å². The highest BCUT2D eigenvalue weighted by Gasteiger charge is 2.31. The maximum absolute atomic E-state index is 13.1. The number of hydrogen-bond acceptors (Lipinski definition) is 4. The molecule has 2 aliphatic rings. The van der Waals surface area contributed by atoms with Crippen LogP contribution in [0, 0.1) is 0 Å². The topological polar surface area (TPSA) is 47.1 Å². The summed E-state index contributed by atoms with van der Waals surface area (Å²) in [5, 5.41) is 0.625. The lowest BCUT2D eigenvalue weighted by atomic mass is 10.1. The van der Waals surface area contributed by atoms with Crippen molar-refractivity contribution in [3.8, 4) is 0 Å². The van der Waals surface area contributed by atoms with Crippen LogP contribution in [0.3, 0.4) is 0 Å². The number of piperazine rings is 2. The first-order valence-corrected chi connectivity index (χ1v) is 11.7. The summed E-state index contributed by atoms with van der Waals surface area (Å²) in [7, 11) is 0. The van der Waals surface area contributed by atoms with E-state index < -0.39 is 0 Å². The highest BCUT2D eigenvalue weighted by molar-refractivity contribution is 6.30. The largest absolute Gasteiger partial charge is 0.339 e. The molecule has 0 spiro atoms. The molecular formula is C25H31ClN4O2. The number of nitrogens with zero attached hydrogens (tertiary/aromatic N) is 4. The summed E-state index contributed by atoms with van der Waals surface area (Å²) in [6, 6.07) is 17.3. The number of halogens is 1. The zero-order chi connectivity index (χ0) is 22.5. The smallest absolute Gasteiger partial charge is 0.253 e. The molecule has 0 N–H and O–H groups in total. The Hall–Kier alpha value is -2.41. The predicted molar refractivity (Wildman–Crippen MR) is 127 cm³/mol. The van der Waals surface area contributed by atoms with E-state index >= 15 is 0 Å². The number of carbonyl (C=O) groups is 2. The maximum Gasteiger partial charge on any atom is 0.253 e. The summed E-state index contributed by atoms with van der Waals surface area (Å²) < 4.78 is 0. The van der Waals surface area contributed by atoms with Crippen LogP contribution >= 0.6 is 11.6 Å². The van der Waals surface area contributed by atoms with Gasteiger partial charge in [-0.1, -0.05) is 41.9 Å². The Labute approximate surface area is 195 Å². The SMILES string of the molecule is CC(C(=O)N1CCN(Cc2ccccc2)CC1)N1CCN(C(=O)c2ccc(Cl)cc2)CC1. The molecule has 7 heteroatoms. The Balaban J connectivity index is 1.23. The lowest BCUT2D eigenvalue weighted by Gasteiger charge is -2.41. The lowest BCUT2D eigenvalue weighted by molar-refractivity contribution is -0.138. The second kappa shape index (κ2) is 10.5. The summed E-state index contributed by atoms with van der Waals surface area (Å²) >= 11 is 5.92. The molecule has 2 aliphatic heterocycles. The molecule has 0 saturated carbocycles. The molecule has 6 nitrogen and oxygen atoms in total. The van der Waals surface area contributed by atoms with Gasteiger partial charge < -0.3 is 9.80 Å². The summed E-state index contributed by atoms with van der Waals surface area (Å²) in [6.07, 6.45) is 0. The minimum atomic E-state index is -0.163. The Morgan fingerprint density at radius 3 is 2.03 bits per heavy atom. The molecule has 2 heterocycles. The van der Waals surface area contributed by atoms with Gasteiger partial charge in [-0.05, 0) is 36.8 Å². The zero-order valence-electron chi connectivity index (χ0n) is 18.6. The first kappa shape index (κ1) is 22.8. The second-order valence-corrected chi connectivity index (χ2v) is 9.03. The van der Waals surface area contributed by atoms with E-state index in [9.17, 15) is 9.59 Å².